The van der Waals surface area contributed by atoms with E-state index in [1.807, 2.05) is 6.07 Å². The molecule has 2 heteroatoms. The fourth-order valence-corrected chi connectivity index (χ4v) is 2.66. The summed E-state index contributed by atoms with van der Waals surface area (Å²) in [7, 11) is 1.75. The smallest absolute Gasteiger partial charge is 0.122 e. The number of hydrogen-bond acceptors (Lipinski definition) is 2. The van der Waals surface area contributed by atoms with Gasteiger partial charge in [0, 0.05) is 0 Å². The van der Waals surface area contributed by atoms with Gasteiger partial charge in [0.05, 0.1) is 7.11 Å². The number of nitrogens with one attached hydrogen (secondary N) is 1. The maximum Gasteiger partial charge on any atom is 0.122 e. The van der Waals surface area contributed by atoms with Gasteiger partial charge in [0.25, 0.3) is 0 Å². The Morgan fingerprint density at radius 1 is 1.35 bits per heavy atom. The van der Waals surface area contributed by atoms with Crippen molar-refractivity contribution < 1.29 is 4.74 Å². The Morgan fingerprint density at radius 3 is 3.00 bits per heavy atom. The van der Waals surface area contributed by atoms with Crippen LogP contribution in [0.3, 0.4) is 0 Å². The summed E-state index contributed by atoms with van der Waals surface area (Å²) in [6, 6.07) is 8.36. The van der Waals surface area contributed by atoms with E-state index in [4.69, 9.17) is 4.74 Å². The first-order chi connectivity index (χ1) is 8.40. The van der Waals surface area contributed by atoms with E-state index in [0.717, 1.165) is 18.1 Å². The molecule has 1 N–H and O–H groups in total. The number of hydrogen-bond donors (Lipinski definition) is 1. The topological polar surface area (TPSA) is 21.3 Å². The summed E-state index contributed by atoms with van der Waals surface area (Å²) >= 11 is 0. The van der Waals surface area contributed by atoms with Gasteiger partial charge in [-0.15, -0.1) is 0 Å². The third-order valence-corrected chi connectivity index (χ3v) is 3.65. The Bertz CT molecular complexity index is 331. The molecule has 94 valence electrons. The second kappa shape index (κ2) is 6.65. The third-order valence-electron chi connectivity index (χ3n) is 3.65. The summed E-state index contributed by atoms with van der Waals surface area (Å²) in [5.74, 6) is 1.92. The monoisotopic (exact) mass is 233 g/mol. The van der Waals surface area contributed by atoms with Crippen LogP contribution in [0.4, 0.5) is 0 Å². The molecule has 17 heavy (non-hydrogen) atoms. The van der Waals surface area contributed by atoms with Gasteiger partial charge in [-0.1, -0.05) is 18.2 Å². The molecule has 0 aromatic heterocycles. The Kier molecular flexibility index (Phi) is 4.87. The van der Waals surface area contributed by atoms with Crippen LogP contribution in [-0.2, 0) is 6.42 Å². The molecule has 1 aliphatic rings. The molecule has 1 saturated heterocycles. The van der Waals surface area contributed by atoms with Crippen molar-refractivity contribution >= 4 is 0 Å². The second-order valence-corrected chi connectivity index (χ2v) is 4.92. The van der Waals surface area contributed by atoms with Gasteiger partial charge in [-0.2, -0.15) is 0 Å². The average molecular weight is 233 g/mol. The molecule has 1 aliphatic heterocycles. The molecule has 0 unspecified atom stereocenters. The fourth-order valence-electron chi connectivity index (χ4n) is 2.66. The zero-order valence-corrected chi connectivity index (χ0v) is 10.7. The zero-order chi connectivity index (χ0) is 11.9. The first kappa shape index (κ1) is 12.4. The van der Waals surface area contributed by atoms with E-state index in [1.54, 1.807) is 7.11 Å². The van der Waals surface area contributed by atoms with Crippen molar-refractivity contribution in [2.24, 2.45) is 5.92 Å². The molecule has 0 radical (unpaired) electrons. The summed E-state index contributed by atoms with van der Waals surface area (Å²) in [4.78, 5) is 0. The molecule has 0 saturated carbocycles. The largest absolute Gasteiger partial charge is 0.496 e. The zero-order valence-electron chi connectivity index (χ0n) is 10.7. The Hall–Kier alpha value is -1.02. The number of methoxy groups -OCH3 is 1. The molecule has 1 aromatic rings. The van der Waals surface area contributed by atoms with Crippen molar-refractivity contribution in [3.05, 3.63) is 29.8 Å². The molecule has 1 aromatic carbocycles. The Labute approximate surface area is 104 Å². The quantitative estimate of drug-likeness (QED) is 0.844. The Morgan fingerprint density at radius 2 is 2.24 bits per heavy atom. The molecule has 0 amide bonds. The summed E-state index contributed by atoms with van der Waals surface area (Å²) in [6.45, 7) is 2.43. The van der Waals surface area contributed by atoms with Gasteiger partial charge in [-0.25, -0.2) is 0 Å². The van der Waals surface area contributed by atoms with Crippen molar-refractivity contribution in [1.29, 1.82) is 0 Å². The highest BCUT2D eigenvalue weighted by molar-refractivity contribution is 5.33. The van der Waals surface area contributed by atoms with Crippen LogP contribution in [-0.4, -0.2) is 20.2 Å². The van der Waals surface area contributed by atoms with E-state index in [9.17, 15) is 0 Å². The lowest BCUT2D eigenvalue weighted by atomic mass is 9.93. The summed E-state index contributed by atoms with van der Waals surface area (Å²) in [5.41, 5.74) is 1.35. The van der Waals surface area contributed by atoms with E-state index in [2.05, 4.69) is 23.5 Å². The van der Waals surface area contributed by atoms with E-state index in [-0.39, 0.29) is 0 Å². The minimum absolute atomic E-state index is 0.887. The minimum atomic E-state index is 0.887. The number of benzene rings is 1. The lowest BCUT2D eigenvalue weighted by Gasteiger charge is -2.22. The predicted octanol–water partition coefficient (Wildman–Crippen LogP) is 3.02. The van der Waals surface area contributed by atoms with Gasteiger partial charge in [0.1, 0.15) is 5.75 Å². The van der Waals surface area contributed by atoms with E-state index < -0.39 is 0 Å². The molecule has 2 rings (SSSR count). The predicted molar refractivity (Wildman–Crippen MR) is 71.5 cm³/mol. The number of para-hydroxylation sites is 1. The van der Waals surface area contributed by atoms with Crippen molar-refractivity contribution in [2.75, 3.05) is 20.2 Å². The molecule has 1 atom stereocenters. The number of ether oxygens (including phenoxy) is 1. The molecule has 1 fully saturated rings. The molecular formula is C15H23NO. The van der Waals surface area contributed by atoms with Crippen LogP contribution < -0.4 is 10.1 Å². The third kappa shape index (κ3) is 3.74. The van der Waals surface area contributed by atoms with Gasteiger partial charge in [0.2, 0.25) is 0 Å². The van der Waals surface area contributed by atoms with Crippen LogP contribution in [0.25, 0.3) is 0 Å². The van der Waals surface area contributed by atoms with E-state index in [0.29, 0.717) is 0 Å². The van der Waals surface area contributed by atoms with Crippen LogP contribution in [0.1, 0.15) is 31.2 Å². The molecular weight excluding hydrogens is 210 g/mol. The molecule has 1 heterocycles. The van der Waals surface area contributed by atoms with Crippen LogP contribution in [0.2, 0.25) is 0 Å². The first-order valence-corrected chi connectivity index (χ1v) is 6.73. The molecule has 2 nitrogen and oxygen atoms in total. The SMILES string of the molecule is COc1ccccc1CCC[C@H]1CCCNC1. The van der Waals surface area contributed by atoms with Crippen molar-refractivity contribution in [2.45, 2.75) is 32.1 Å². The highest BCUT2D eigenvalue weighted by Crippen LogP contribution is 2.22. The Balaban J connectivity index is 1.77. The van der Waals surface area contributed by atoms with Crippen molar-refractivity contribution in [3.63, 3.8) is 0 Å². The van der Waals surface area contributed by atoms with Crippen LogP contribution in [0.5, 0.6) is 5.75 Å². The highest BCUT2D eigenvalue weighted by Gasteiger charge is 2.12. The number of piperidine rings is 1. The highest BCUT2D eigenvalue weighted by atomic mass is 16.5. The normalized spacial score (nSPS) is 20.2. The van der Waals surface area contributed by atoms with Gasteiger partial charge in [-0.3, -0.25) is 0 Å². The van der Waals surface area contributed by atoms with Gasteiger partial charge in [0.15, 0.2) is 0 Å². The molecule has 0 bridgehead atoms. The van der Waals surface area contributed by atoms with Crippen LogP contribution in [0, 0.1) is 5.92 Å². The van der Waals surface area contributed by atoms with Crippen LogP contribution in [0.15, 0.2) is 24.3 Å². The van der Waals surface area contributed by atoms with E-state index in [1.165, 1.54) is 44.3 Å². The van der Waals surface area contributed by atoms with Gasteiger partial charge >= 0.3 is 0 Å². The summed E-state index contributed by atoms with van der Waals surface area (Å²) in [5, 5.41) is 3.48. The fraction of sp³-hybridized carbons (Fsp3) is 0.600. The lowest BCUT2D eigenvalue weighted by molar-refractivity contribution is 0.349. The number of rotatable bonds is 5. The maximum absolute atomic E-state index is 5.38. The molecule has 0 aliphatic carbocycles. The average Bonchev–Trinajstić information content (AvgIpc) is 2.40. The minimum Gasteiger partial charge on any atom is -0.496 e. The number of aryl methyl sites for hydroxylation is 1. The summed E-state index contributed by atoms with van der Waals surface area (Å²) in [6.07, 6.45) is 6.50. The summed E-state index contributed by atoms with van der Waals surface area (Å²) < 4.78 is 5.38. The van der Waals surface area contributed by atoms with Gasteiger partial charge in [-0.05, 0) is 62.7 Å². The van der Waals surface area contributed by atoms with Gasteiger partial charge < -0.3 is 10.1 Å². The van der Waals surface area contributed by atoms with Crippen molar-refractivity contribution in [1.82, 2.24) is 5.32 Å². The van der Waals surface area contributed by atoms with E-state index >= 15 is 0 Å². The second-order valence-electron chi connectivity index (χ2n) is 4.92. The van der Waals surface area contributed by atoms with Crippen LogP contribution >= 0.6 is 0 Å². The maximum atomic E-state index is 5.38. The first-order valence-electron chi connectivity index (χ1n) is 6.73. The molecule has 0 spiro atoms. The van der Waals surface area contributed by atoms with Crippen molar-refractivity contribution in [3.8, 4) is 5.75 Å². The standard InChI is InChI=1S/C15H23NO/c1-17-15-10-3-2-8-14(15)9-4-6-13-7-5-11-16-12-13/h2-3,8,10,13,16H,4-7,9,11-12H2,1H3/t13-/m0/s1. The lowest BCUT2D eigenvalue weighted by Crippen LogP contribution is -2.29.